The minimum Gasteiger partial charge on any atom is -0.456 e. The molecule has 112 valence electrons. The minimum absolute atomic E-state index is 0.0791. The molecule has 5 nitrogen and oxygen atoms in total. The number of nitrogens with one attached hydrogen (secondary N) is 1. The Hall–Kier alpha value is -2.91. The number of halogens is 1. The van der Waals surface area contributed by atoms with Gasteiger partial charge in [0.05, 0.1) is 6.61 Å². The fourth-order valence-electron chi connectivity index (χ4n) is 1.80. The molecule has 0 radical (unpaired) electrons. The second kappa shape index (κ2) is 7.20. The largest absolute Gasteiger partial charge is 0.456 e. The van der Waals surface area contributed by atoms with Crippen molar-refractivity contribution in [1.82, 2.24) is 5.32 Å². The van der Waals surface area contributed by atoms with Crippen LogP contribution < -0.4 is 10.1 Å². The number of carbonyl (C=O) groups excluding carboxylic acids is 1. The van der Waals surface area contributed by atoms with Gasteiger partial charge in [-0.05, 0) is 30.3 Å². The van der Waals surface area contributed by atoms with Gasteiger partial charge in [0.25, 0.3) is 5.91 Å². The number of rotatable bonds is 5. The number of aliphatic hydroxyl groups is 1. The van der Waals surface area contributed by atoms with E-state index < -0.39 is 5.82 Å². The Morgan fingerprint density at radius 3 is 2.82 bits per heavy atom. The number of carbonyl (C=O) groups is 1. The van der Waals surface area contributed by atoms with E-state index in [-0.39, 0.29) is 30.4 Å². The lowest BCUT2D eigenvalue weighted by molar-refractivity contribution is 0.0944. The van der Waals surface area contributed by atoms with Gasteiger partial charge in [-0.2, -0.15) is 5.26 Å². The summed E-state index contributed by atoms with van der Waals surface area (Å²) in [6.07, 6.45) is 0. The molecular weight excluding hydrogens is 287 g/mol. The molecule has 22 heavy (non-hydrogen) atoms. The molecule has 2 rings (SSSR count). The van der Waals surface area contributed by atoms with Crippen molar-refractivity contribution in [2.24, 2.45) is 0 Å². The Morgan fingerprint density at radius 1 is 1.32 bits per heavy atom. The first kappa shape index (κ1) is 15.5. The molecule has 0 spiro atoms. The zero-order valence-electron chi connectivity index (χ0n) is 11.5. The van der Waals surface area contributed by atoms with Gasteiger partial charge in [-0.1, -0.05) is 12.1 Å². The van der Waals surface area contributed by atoms with Gasteiger partial charge in [-0.15, -0.1) is 0 Å². The molecule has 0 saturated heterocycles. The first-order chi connectivity index (χ1) is 10.7. The Balaban J connectivity index is 2.23. The van der Waals surface area contributed by atoms with E-state index in [2.05, 4.69) is 5.32 Å². The van der Waals surface area contributed by atoms with Crippen LogP contribution in [0.15, 0.2) is 42.5 Å². The van der Waals surface area contributed by atoms with E-state index >= 15 is 0 Å². The fourth-order valence-corrected chi connectivity index (χ4v) is 1.80. The number of aliphatic hydroxyl groups excluding tert-OH is 1. The van der Waals surface area contributed by atoms with E-state index in [9.17, 15) is 9.18 Å². The van der Waals surface area contributed by atoms with Crippen LogP contribution in [0.3, 0.4) is 0 Å². The number of nitrogens with zero attached hydrogens (tertiary/aromatic N) is 1. The summed E-state index contributed by atoms with van der Waals surface area (Å²) in [4.78, 5) is 11.8. The second-order valence-electron chi connectivity index (χ2n) is 4.33. The van der Waals surface area contributed by atoms with Crippen LogP contribution in [-0.2, 0) is 0 Å². The average molecular weight is 300 g/mol. The molecule has 0 unspecified atom stereocenters. The number of hydrogen-bond donors (Lipinski definition) is 2. The monoisotopic (exact) mass is 300 g/mol. The van der Waals surface area contributed by atoms with Crippen molar-refractivity contribution < 1.29 is 19.0 Å². The topological polar surface area (TPSA) is 82.3 Å². The lowest BCUT2D eigenvalue weighted by Gasteiger charge is -2.09. The van der Waals surface area contributed by atoms with Crippen LogP contribution in [0.1, 0.15) is 15.9 Å². The molecule has 1 amide bonds. The van der Waals surface area contributed by atoms with Crippen LogP contribution in [0.2, 0.25) is 0 Å². The lowest BCUT2D eigenvalue weighted by atomic mass is 10.2. The average Bonchev–Trinajstić information content (AvgIpc) is 2.53. The summed E-state index contributed by atoms with van der Waals surface area (Å²) in [5.41, 5.74) is 0.137. The smallest absolute Gasteiger partial charge is 0.251 e. The summed E-state index contributed by atoms with van der Waals surface area (Å²) in [6.45, 7) is -0.0108. The predicted molar refractivity (Wildman–Crippen MR) is 77.1 cm³/mol. The molecule has 6 heteroatoms. The van der Waals surface area contributed by atoms with Crippen molar-refractivity contribution in [2.75, 3.05) is 13.2 Å². The van der Waals surface area contributed by atoms with E-state index in [4.69, 9.17) is 15.1 Å². The van der Waals surface area contributed by atoms with E-state index in [1.54, 1.807) is 24.3 Å². The van der Waals surface area contributed by atoms with Gasteiger partial charge >= 0.3 is 0 Å². The summed E-state index contributed by atoms with van der Waals surface area (Å²) in [5, 5.41) is 20.2. The number of amides is 1. The third kappa shape index (κ3) is 3.59. The highest BCUT2D eigenvalue weighted by molar-refractivity contribution is 5.94. The third-order valence-corrected chi connectivity index (χ3v) is 2.81. The molecule has 0 aliphatic carbocycles. The molecule has 0 bridgehead atoms. The quantitative estimate of drug-likeness (QED) is 0.887. The molecule has 0 aliphatic heterocycles. The highest BCUT2D eigenvalue weighted by Crippen LogP contribution is 2.27. The van der Waals surface area contributed by atoms with Crippen LogP contribution in [-0.4, -0.2) is 24.2 Å². The number of benzene rings is 2. The highest BCUT2D eigenvalue weighted by Gasteiger charge is 2.11. The molecular formula is C16H13FN2O3. The molecule has 0 fully saturated rings. The standard InChI is InChI=1S/C16H13FN2O3/c17-14-5-2-6-15(13(14)10-18)22-12-4-1-3-11(9-12)16(21)19-7-8-20/h1-6,9,20H,7-8H2,(H,19,21). The van der Waals surface area contributed by atoms with Crippen molar-refractivity contribution in [3.05, 3.63) is 59.4 Å². The lowest BCUT2D eigenvalue weighted by Crippen LogP contribution is -2.26. The van der Waals surface area contributed by atoms with Gasteiger partial charge in [-0.3, -0.25) is 4.79 Å². The molecule has 2 aromatic carbocycles. The molecule has 2 aromatic rings. The van der Waals surface area contributed by atoms with Crippen molar-refractivity contribution in [3.8, 4) is 17.6 Å². The van der Waals surface area contributed by atoms with Gasteiger partial charge in [0.2, 0.25) is 0 Å². The number of hydrogen-bond acceptors (Lipinski definition) is 4. The van der Waals surface area contributed by atoms with Gasteiger partial charge in [-0.25, -0.2) is 4.39 Å². The van der Waals surface area contributed by atoms with Crippen molar-refractivity contribution in [3.63, 3.8) is 0 Å². The van der Waals surface area contributed by atoms with Crippen LogP contribution in [0.4, 0.5) is 4.39 Å². The van der Waals surface area contributed by atoms with E-state index in [1.807, 2.05) is 0 Å². The van der Waals surface area contributed by atoms with Crippen LogP contribution in [0.25, 0.3) is 0 Å². The van der Waals surface area contributed by atoms with Gasteiger partial charge in [0.1, 0.15) is 28.9 Å². The maximum absolute atomic E-state index is 13.5. The molecule has 0 saturated carbocycles. The summed E-state index contributed by atoms with van der Waals surface area (Å²) in [5.74, 6) is -0.648. The summed E-state index contributed by atoms with van der Waals surface area (Å²) < 4.78 is 19.0. The van der Waals surface area contributed by atoms with E-state index in [0.717, 1.165) is 0 Å². The molecule has 2 N–H and O–H groups in total. The van der Waals surface area contributed by atoms with Crippen molar-refractivity contribution >= 4 is 5.91 Å². The Kier molecular flexibility index (Phi) is 5.07. The molecule has 0 aliphatic rings. The second-order valence-corrected chi connectivity index (χ2v) is 4.33. The Morgan fingerprint density at radius 2 is 2.09 bits per heavy atom. The van der Waals surface area contributed by atoms with Crippen LogP contribution in [0, 0.1) is 17.1 Å². The highest BCUT2D eigenvalue weighted by atomic mass is 19.1. The summed E-state index contributed by atoms with van der Waals surface area (Å²) in [6, 6.07) is 12.1. The van der Waals surface area contributed by atoms with Crippen molar-refractivity contribution in [2.45, 2.75) is 0 Å². The van der Waals surface area contributed by atoms with Crippen LogP contribution >= 0.6 is 0 Å². The summed E-state index contributed by atoms with van der Waals surface area (Å²) in [7, 11) is 0. The van der Waals surface area contributed by atoms with Crippen LogP contribution in [0.5, 0.6) is 11.5 Å². The first-order valence-electron chi connectivity index (χ1n) is 6.51. The Bertz CT molecular complexity index is 726. The van der Waals surface area contributed by atoms with Gasteiger partial charge in [0.15, 0.2) is 0 Å². The SMILES string of the molecule is N#Cc1c(F)cccc1Oc1cccc(C(=O)NCCO)c1. The number of ether oxygens (including phenoxy) is 1. The molecule has 0 aromatic heterocycles. The normalized spacial score (nSPS) is 9.86. The maximum Gasteiger partial charge on any atom is 0.251 e. The van der Waals surface area contributed by atoms with E-state index in [1.165, 1.54) is 24.3 Å². The third-order valence-electron chi connectivity index (χ3n) is 2.81. The summed E-state index contributed by atoms with van der Waals surface area (Å²) >= 11 is 0. The van der Waals surface area contributed by atoms with Gasteiger partial charge < -0.3 is 15.2 Å². The number of nitriles is 1. The first-order valence-corrected chi connectivity index (χ1v) is 6.51. The van der Waals surface area contributed by atoms with E-state index in [0.29, 0.717) is 11.3 Å². The van der Waals surface area contributed by atoms with Gasteiger partial charge in [0, 0.05) is 12.1 Å². The minimum atomic E-state index is -0.670. The maximum atomic E-state index is 13.5. The van der Waals surface area contributed by atoms with Crippen molar-refractivity contribution in [1.29, 1.82) is 5.26 Å². The Labute approximate surface area is 126 Å². The predicted octanol–water partition coefficient (Wildman–Crippen LogP) is 2.21. The molecule has 0 heterocycles. The molecule has 0 atom stereocenters. The zero-order valence-corrected chi connectivity index (χ0v) is 11.5. The fraction of sp³-hybridized carbons (Fsp3) is 0.125. The zero-order chi connectivity index (χ0) is 15.9.